The summed E-state index contributed by atoms with van der Waals surface area (Å²) in [5, 5.41) is 13.5. The summed E-state index contributed by atoms with van der Waals surface area (Å²) in [5.41, 5.74) is 0. The van der Waals surface area contributed by atoms with Crippen LogP contribution < -0.4 is 5.32 Å². The van der Waals surface area contributed by atoms with Crippen LogP contribution in [0.25, 0.3) is 0 Å². The molecule has 0 aromatic carbocycles. The number of hydrogen-bond donors (Lipinski definition) is 2. The van der Waals surface area contributed by atoms with Crippen LogP contribution in [0.1, 0.15) is 47.0 Å². The van der Waals surface area contributed by atoms with Gasteiger partial charge >= 0.3 is 0 Å². The molecule has 0 aromatic heterocycles. The van der Waals surface area contributed by atoms with Crippen molar-refractivity contribution in [2.24, 2.45) is 5.92 Å². The topological polar surface area (TPSA) is 44.7 Å². The Hall–Kier alpha value is -0.160. The van der Waals surface area contributed by atoms with E-state index in [0.717, 1.165) is 25.8 Å². The standard InChI is InChI=1S/C16H34N2O2/c1-12(2)8-14(4)20-11-16(19)10-17-15-6-7-18(5)13(3)9-15/h12-17,19H,6-11H2,1-5H3. The Morgan fingerprint density at radius 2 is 2.05 bits per heavy atom. The summed E-state index contributed by atoms with van der Waals surface area (Å²) in [7, 11) is 2.18. The molecular formula is C16H34N2O2. The molecule has 4 nitrogen and oxygen atoms in total. The Balaban J connectivity index is 2.12. The summed E-state index contributed by atoms with van der Waals surface area (Å²) < 4.78 is 5.69. The van der Waals surface area contributed by atoms with E-state index in [9.17, 15) is 5.11 Å². The first-order valence-corrected chi connectivity index (χ1v) is 8.11. The molecule has 2 N–H and O–H groups in total. The number of ether oxygens (including phenoxy) is 1. The molecule has 0 radical (unpaired) electrons. The monoisotopic (exact) mass is 286 g/mol. The molecule has 0 aliphatic carbocycles. The number of nitrogens with one attached hydrogen (secondary N) is 1. The minimum atomic E-state index is -0.403. The molecule has 1 saturated heterocycles. The first kappa shape index (κ1) is 17.9. The van der Waals surface area contributed by atoms with E-state index in [2.05, 4.69) is 45.0 Å². The highest BCUT2D eigenvalue weighted by atomic mass is 16.5. The van der Waals surface area contributed by atoms with Crippen molar-refractivity contribution in [2.75, 3.05) is 26.7 Å². The van der Waals surface area contributed by atoms with Crippen molar-refractivity contribution in [1.82, 2.24) is 10.2 Å². The van der Waals surface area contributed by atoms with Gasteiger partial charge in [-0.3, -0.25) is 0 Å². The van der Waals surface area contributed by atoms with Crippen molar-refractivity contribution in [2.45, 2.75) is 71.2 Å². The van der Waals surface area contributed by atoms with E-state index in [-0.39, 0.29) is 6.10 Å². The zero-order valence-electron chi connectivity index (χ0n) is 13.9. The lowest BCUT2D eigenvalue weighted by Gasteiger charge is -2.35. The molecule has 0 bridgehead atoms. The van der Waals surface area contributed by atoms with Crippen LogP contribution in [0.5, 0.6) is 0 Å². The number of aliphatic hydroxyl groups is 1. The predicted octanol–water partition coefficient (Wildman–Crippen LogP) is 1.87. The fourth-order valence-corrected chi connectivity index (χ4v) is 2.84. The predicted molar refractivity (Wildman–Crippen MR) is 84.0 cm³/mol. The van der Waals surface area contributed by atoms with Crippen LogP contribution in [0, 0.1) is 5.92 Å². The van der Waals surface area contributed by atoms with Gasteiger partial charge in [-0.2, -0.15) is 0 Å². The first-order valence-electron chi connectivity index (χ1n) is 8.11. The molecule has 120 valence electrons. The fourth-order valence-electron chi connectivity index (χ4n) is 2.84. The van der Waals surface area contributed by atoms with E-state index in [4.69, 9.17) is 4.74 Å². The summed E-state index contributed by atoms with van der Waals surface area (Å²) >= 11 is 0. The third-order valence-corrected chi connectivity index (χ3v) is 4.23. The van der Waals surface area contributed by atoms with Crippen LogP contribution in [-0.2, 0) is 4.74 Å². The van der Waals surface area contributed by atoms with Crippen molar-refractivity contribution in [3.63, 3.8) is 0 Å². The lowest BCUT2D eigenvalue weighted by molar-refractivity contribution is -0.0101. The maximum absolute atomic E-state index is 9.98. The largest absolute Gasteiger partial charge is 0.389 e. The molecule has 1 fully saturated rings. The number of likely N-dealkylation sites (tertiary alicyclic amines) is 1. The van der Waals surface area contributed by atoms with Gasteiger partial charge in [0.05, 0.1) is 18.8 Å². The van der Waals surface area contributed by atoms with Crippen LogP contribution in [0.2, 0.25) is 0 Å². The van der Waals surface area contributed by atoms with Gasteiger partial charge < -0.3 is 20.1 Å². The molecule has 0 aromatic rings. The second-order valence-electron chi connectivity index (χ2n) is 6.89. The molecule has 4 unspecified atom stereocenters. The Kier molecular flexibility index (Phi) is 8.03. The molecule has 1 aliphatic rings. The van der Waals surface area contributed by atoms with Crippen LogP contribution in [0.15, 0.2) is 0 Å². The van der Waals surface area contributed by atoms with Crippen molar-refractivity contribution in [1.29, 1.82) is 0 Å². The molecular weight excluding hydrogens is 252 g/mol. The average molecular weight is 286 g/mol. The Morgan fingerprint density at radius 1 is 1.35 bits per heavy atom. The van der Waals surface area contributed by atoms with Gasteiger partial charge in [0.25, 0.3) is 0 Å². The summed E-state index contributed by atoms with van der Waals surface area (Å²) in [6.07, 6.45) is 3.20. The summed E-state index contributed by atoms with van der Waals surface area (Å²) in [6.45, 7) is 10.9. The third-order valence-electron chi connectivity index (χ3n) is 4.23. The van der Waals surface area contributed by atoms with E-state index in [0.29, 0.717) is 31.2 Å². The van der Waals surface area contributed by atoms with Crippen molar-refractivity contribution < 1.29 is 9.84 Å². The molecule has 0 saturated carbocycles. The molecule has 1 heterocycles. The Bertz CT molecular complexity index is 261. The quantitative estimate of drug-likeness (QED) is 0.715. The van der Waals surface area contributed by atoms with Crippen LogP contribution >= 0.6 is 0 Å². The van der Waals surface area contributed by atoms with Gasteiger partial charge in [-0.15, -0.1) is 0 Å². The van der Waals surface area contributed by atoms with E-state index in [1.807, 2.05) is 0 Å². The highest BCUT2D eigenvalue weighted by molar-refractivity contribution is 4.81. The second-order valence-corrected chi connectivity index (χ2v) is 6.89. The molecule has 1 rings (SSSR count). The lowest BCUT2D eigenvalue weighted by Crippen LogP contribution is -2.47. The normalized spacial score (nSPS) is 27.8. The Labute approximate surface area is 124 Å². The summed E-state index contributed by atoms with van der Waals surface area (Å²) in [4.78, 5) is 2.39. The van der Waals surface area contributed by atoms with Gasteiger partial charge in [-0.05, 0) is 52.6 Å². The molecule has 4 heteroatoms. The molecule has 1 aliphatic heterocycles. The zero-order chi connectivity index (χ0) is 15.1. The van der Waals surface area contributed by atoms with E-state index in [1.54, 1.807) is 0 Å². The molecule has 0 spiro atoms. The van der Waals surface area contributed by atoms with E-state index in [1.165, 1.54) is 0 Å². The number of piperidine rings is 1. The highest BCUT2D eigenvalue weighted by Gasteiger charge is 2.22. The van der Waals surface area contributed by atoms with Crippen molar-refractivity contribution >= 4 is 0 Å². The average Bonchev–Trinajstić information content (AvgIpc) is 2.37. The minimum Gasteiger partial charge on any atom is -0.389 e. The van der Waals surface area contributed by atoms with E-state index >= 15 is 0 Å². The third kappa shape index (κ3) is 7.02. The van der Waals surface area contributed by atoms with Crippen molar-refractivity contribution in [3.8, 4) is 0 Å². The number of rotatable bonds is 8. The van der Waals surface area contributed by atoms with Crippen molar-refractivity contribution in [3.05, 3.63) is 0 Å². The SMILES string of the molecule is CC(C)CC(C)OCC(O)CNC1CCN(C)C(C)C1. The fraction of sp³-hybridized carbons (Fsp3) is 1.00. The van der Waals surface area contributed by atoms with Crippen LogP contribution in [0.3, 0.4) is 0 Å². The number of hydrogen-bond acceptors (Lipinski definition) is 4. The molecule has 20 heavy (non-hydrogen) atoms. The maximum Gasteiger partial charge on any atom is 0.0897 e. The van der Waals surface area contributed by atoms with Gasteiger partial charge in [0.15, 0.2) is 0 Å². The smallest absolute Gasteiger partial charge is 0.0897 e. The van der Waals surface area contributed by atoms with Gasteiger partial charge in [-0.1, -0.05) is 13.8 Å². The minimum absolute atomic E-state index is 0.230. The van der Waals surface area contributed by atoms with E-state index < -0.39 is 6.10 Å². The Morgan fingerprint density at radius 3 is 2.65 bits per heavy atom. The number of nitrogens with zero attached hydrogens (tertiary/aromatic N) is 1. The molecule has 0 amide bonds. The van der Waals surface area contributed by atoms with Gasteiger partial charge in [0.1, 0.15) is 0 Å². The summed E-state index contributed by atoms with van der Waals surface area (Å²) in [6, 6.07) is 1.16. The van der Waals surface area contributed by atoms with Crippen LogP contribution in [0.4, 0.5) is 0 Å². The van der Waals surface area contributed by atoms with Gasteiger partial charge in [0.2, 0.25) is 0 Å². The number of aliphatic hydroxyl groups excluding tert-OH is 1. The second kappa shape index (κ2) is 8.98. The van der Waals surface area contributed by atoms with Gasteiger partial charge in [0, 0.05) is 18.6 Å². The summed E-state index contributed by atoms with van der Waals surface area (Å²) in [5.74, 6) is 0.640. The molecule has 4 atom stereocenters. The maximum atomic E-state index is 9.98. The lowest BCUT2D eigenvalue weighted by atomic mass is 9.99. The van der Waals surface area contributed by atoms with Crippen LogP contribution in [-0.4, -0.2) is 61.0 Å². The van der Waals surface area contributed by atoms with Gasteiger partial charge in [-0.25, -0.2) is 0 Å². The first-order chi connectivity index (χ1) is 9.38. The zero-order valence-corrected chi connectivity index (χ0v) is 13.9. The highest BCUT2D eigenvalue weighted by Crippen LogP contribution is 2.15.